The molecular weight excluding hydrogens is 401 g/mol. The van der Waals surface area contributed by atoms with Gasteiger partial charge in [0.25, 0.3) is 0 Å². The van der Waals surface area contributed by atoms with E-state index in [9.17, 15) is 0 Å². The van der Waals surface area contributed by atoms with E-state index in [-0.39, 0.29) is 13.1 Å². The van der Waals surface area contributed by atoms with Gasteiger partial charge in [0, 0.05) is 6.04 Å². The Hall–Kier alpha value is -2.36. The molecule has 3 aromatic carbocycles. The molecule has 2 fully saturated rings. The van der Waals surface area contributed by atoms with Crippen molar-refractivity contribution in [3.05, 3.63) is 89.0 Å². The molecule has 1 aliphatic heterocycles. The molecule has 1 N–H and O–H groups in total. The maximum absolute atomic E-state index is 7.15. The summed E-state index contributed by atoms with van der Waals surface area (Å²) in [5, 5.41) is 6.54. The fourth-order valence-electron chi connectivity index (χ4n) is 6.89. The molecule has 1 heterocycles. The van der Waals surface area contributed by atoms with Crippen LogP contribution in [-0.2, 0) is 10.3 Å². The molecule has 2 nitrogen and oxygen atoms in total. The number of rotatable bonds is 3. The summed E-state index contributed by atoms with van der Waals surface area (Å²) >= 11 is 0. The highest BCUT2D eigenvalue weighted by Gasteiger charge is 2.54. The summed E-state index contributed by atoms with van der Waals surface area (Å²) in [6.07, 6.45) is 12.4. The van der Waals surface area contributed by atoms with Crippen molar-refractivity contribution in [2.24, 2.45) is 5.92 Å². The third-order valence-electron chi connectivity index (χ3n) is 8.37. The topological polar surface area (TPSA) is 21.3 Å². The van der Waals surface area contributed by atoms with Crippen molar-refractivity contribution in [2.75, 3.05) is 0 Å². The summed E-state index contributed by atoms with van der Waals surface area (Å²) in [6, 6.07) is 22.8. The molecule has 0 radical (unpaired) electrons. The van der Waals surface area contributed by atoms with Gasteiger partial charge >= 0.3 is 7.05 Å². The summed E-state index contributed by atoms with van der Waals surface area (Å²) in [4.78, 5) is 0. The van der Waals surface area contributed by atoms with Crippen molar-refractivity contribution in [1.82, 2.24) is 5.23 Å². The van der Waals surface area contributed by atoms with Crippen LogP contribution in [0, 0.1) is 5.92 Å². The Morgan fingerprint density at radius 3 is 2.55 bits per heavy atom. The summed E-state index contributed by atoms with van der Waals surface area (Å²) in [5.41, 5.74) is 4.98. The molecule has 2 unspecified atom stereocenters. The van der Waals surface area contributed by atoms with Gasteiger partial charge in [0.1, 0.15) is 5.60 Å². The largest absolute Gasteiger partial charge is 0.406 e. The normalized spacial score (nSPS) is 27.8. The maximum Gasteiger partial charge on any atom is 0.377 e. The van der Waals surface area contributed by atoms with Crippen LogP contribution in [0.5, 0.6) is 0 Å². The van der Waals surface area contributed by atoms with Crippen LogP contribution in [-0.4, -0.2) is 13.1 Å². The average Bonchev–Trinajstić information content (AvgIpc) is 3.22. The van der Waals surface area contributed by atoms with Crippen molar-refractivity contribution in [3.8, 4) is 0 Å². The molecule has 33 heavy (non-hydrogen) atoms. The van der Waals surface area contributed by atoms with E-state index in [4.69, 9.17) is 4.65 Å². The zero-order valence-electron chi connectivity index (χ0n) is 19.9. The monoisotopic (exact) mass is 435 g/mol. The van der Waals surface area contributed by atoms with Crippen LogP contribution in [0.25, 0.3) is 16.8 Å². The molecule has 0 amide bonds. The zero-order chi connectivity index (χ0) is 22.4. The molecule has 3 heteroatoms. The first kappa shape index (κ1) is 21.2. The van der Waals surface area contributed by atoms with E-state index < -0.39 is 5.60 Å². The molecule has 2 aliphatic carbocycles. The number of benzene rings is 3. The standard InChI is InChI=1S/C30H34BNO/c1-21-11-8-18-26-24(21)17-10-20-28(26)30(27-19-9-15-22-12-6-7-16-25(22)27)29(32-31(2)33-30)23-13-4-3-5-14-23/h6-10,12,15-21,23,29,32H,3-5,11,13-14H2,1-2H3/t21?,29-,30?/m1/s1. The van der Waals surface area contributed by atoms with Crippen LogP contribution in [0.15, 0.2) is 66.7 Å². The molecule has 0 bridgehead atoms. The Bertz CT molecular complexity index is 1190. The minimum Gasteiger partial charge on any atom is -0.406 e. The molecule has 0 aromatic heterocycles. The minimum atomic E-state index is -0.505. The van der Waals surface area contributed by atoms with Gasteiger partial charge in [-0.15, -0.1) is 0 Å². The van der Waals surface area contributed by atoms with Gasteiger partial charge in [-0.1, -0.05) is 99.0 Å². The minimum absolute atomic E-state index is 0.0109. The number of hydrogen-bond acceptors (Lipinski definition) is 2. The second-order valence-electron chi connectivity index (χ2n) is 10.4. The van der Waals surface area contributed by atoms with Crippen molar-refractivity contribution in [3.63, 3.8) is 0 Å². The Labute approximate surface area is 198 Å². The van der Waals surface area contributed by atoms with Gasteiger partial charge in [-0.3, -0.25) is 0 Å². The van der Waals surface area contributed by atoms with Gasteiger partial charge in [0.05, 0.1) is 0 Å². The Morgan fingerprint density at radius 2 is 1.67 bits per heavy atom. The fourth-order valence-corrected chi connectivity index (χ4v) is 6.89. The first-order valence-corrected chi connectivity index (χ1v) is 12.9. The van der Waals surface area contributed by atoms with Crippen LogP contribution < -0.4 is 5.23 Å². The van der Waals surface area contributed by atoms with Crippen LogP contribution >= 0.6 is 0 Å². The fraction of sp³-hybridized carbons (Fsp3) is 0.400. The lowest BCUT2D eigenvalue weighted by molar-refractivity contribution is 0.0786. The van der Waals surface area contributed by atoms with Crippen molar-refractivity contribution in [1.29, 1.82) is 0 Å². The summed E-state index contributed by atoms with van der Waals surface area (Å²) in [6.45, 7) is 4.54. The number of allylic oxidation sites excluding steroid dienone is 1. The zero-order valence-corrected chi connectivity index (χ0v) is 19.9. The Morgan fingerprint density at radius 1 is 0.909 bits per heavy atom. The Balaban J connectivity index is 1.66. The first-order chi connectivity index (χ1) is 16.2. The molecule has 3 aromatic rings. The first-order valence-electron chi connectivity index (χ1n) is 12.9. The highest BCUT2D eigenvalue weighted by molar-refractivity contribution is 6.48. The molecular formula is C30H34BNO. The summed E-state index contributed by atoms with van der Waals surface area (Å²) in [5.74, 6) is 1.15. The lowest BCUT2D eigenvalue weighted by atomic mass is 9.68. The van der Waals surface area contributed by atoms with Gasteiger partial charge < -0.3 is 9.88 Å². The van der Waals surface area contributed by atoms with Crippen LogP contribution in [0.1, 0.15) is 73.6 Å². The van der Waals surface area contributed by atoms with E-state index in [1.54, 1.807) is 0 Å². The van der Waals surface area contributed by atoms with Gasteiger partial charge in [0.15, 0.2) is 0 Å². The maximum atomic E-state index is 7.15. The number of hydrogen-bond donors (Lipinski definition) is 1. The van der Waals surface area contributed by atoms with Crippen molar-refractivity contribution >= 4 is 23.9 Å². The molecule has 6 rings (SSSR count). The van der Waals surface area contributed by atoms with E-state index in [1.807, 2.05) is 0 Å². The highest BCUT2D eigenvalue weighted by atomic mass is 16.5. The van der Waals surface area contributed by atoms with Crippen LogP contribution in [0.3, 0.4) is 0 Å². The van der Waals surface area contributed by atoms with Gasteiger partial charge in [-0.05, 0) is 70.9 Å². The van der Waals surface area contributed by atoms with Crippen LogP contribution in [0.2, 0.25) is 6.82 Å². The van der Waals surface area contributed by atoms with Gasteiger partial charge in [-0.25, -0.2) is 0 Å². The SMILES string of the molecule is CB1N[C@H](C2CCCCC2)C(c2cccc3c2C=CCC3C)(c2cccc3ccccc23)O1. The summed E-state index contributed by atoms with van der Waals surface area (Å²) in [7, 11) is 0.0109. The second-order valence-corrected chi connectivity index (χ2v) is 10.4. The quantitative estimate of drug-likeness (QED) is 0.436. The second kappa shape index (κ2) is 8.45. The van der Waals surface area contributed by atoms with Crippen molar-refractivity contribution in [2.45, 2.75) is 69.8 Å². The average molecular weight is 435 g/mol. The Kier molecular flexibility index (Phi) is 5.43. The number of fused-ring (bicyclic) bond motifs is 2. The lowest BCUT2D eigenvalue weighted by Crippen LogP contribution is -2.48. The van der Waals surface area contributed by atoms with Crippen LogP contribution in [0.4, 0.5) is 0 Å². The van der Waals surface area contributed by atoms with E-state index in [0.29, 0.717) is 11.8 Å². The third-order valence-corrected chi connectivity index (χ3v) is 8.37. The molecule has 3 aliphatic rings. The molecule has 1 saturated carbocycles. The highest BCUT2D eigenvalue weighted by Crippen LogP contribution is 2.51. The van der Waals surface area contributed by atoms with E-state index in [1.165, 1.54) is 65.1 Å². The van der Waals surface area contributed by atoms with Gasteiger partial charge in [0.2, 0.25) is 0 Å². The van der Waals surface area contributed by atoms with E-state index in [2.05, 4.69) is 91.8 Å². The van der Waals surface area contributed by atoms with Gasteiger partial charge in [-0.2, -0.15) is 0 Å². The molecule has 168 valence electrons. The number of nitrogens with one attached hydrogen (secondary N) is 1. The smallest absolute Gasteiger partial charge is 0.377 e. The van der Waals surface area contributed by atoms with Crippen molar-refractivity contribution < 1.29 is 4.65 Å². The van der Waals surface area contributed by atoms with E-state index in [0.717, 1.165) is 6.42 Å². The molecule has 0 spiro atoms. The summed E-state index contributed by atoms with van der Waals surface area (Å²) < 4.78 is 7.15. The van der Waals surface area contributed by atoms with E-state index >= 15 is 0 Å². The molecule has 1 saturated heterocycles. The molecule has 3 atom stereocenters. The predicted octanol–water partition coefficient (Wildman–Crippen LogP) is 7.29. The lowest BCUT2D eigenvalue weighted by Gasteiger charge is -2.43. The predicted molar refractivity (Wildman–Crippen MR) is 139 cm³/mol. The third kappa shape index (κ3) is 3.40.